The molecule has 4 aromatic carbocycles. The maximum atomic E-state index is 11.3. The number of hydrogen-bond donors (Lipinski definition) is 2. The molecule has 0 aliphatic rings. The maximum absolute atomic E-state index is 11.3. The molecular formula is C28H16Cl2N2O4. The fraction of sp³-hybridized carbons (Fsp3) is 0. The molecule has 0 saturated heterocycles. The van der Waals surface area contributed by atoms with Crippen molar-refractivity contribution in [1.29, 1.82) is 0 Å². The van der Waals surface area contributed by atoms with Crippen molar-refractivity contribution in [3.8, 4) is 0 Å². The van der Waals surface area contributed by atoms with Crippen molar-refractivity contribution in [1.82, 2.24) is 9.97 Å². The van der Waals surface area contributed by atoms with E-state index in [1.165, 1.54) is 12.1 Å². The molecule has 0 unspecified atom stereocenters. The summed E-state index contributed by atoms with van der Waals surface area (Å²) in [5.41, 5.74) is 2.79. The minimum atomic E-state index is -1.05. The summed E-state index contributed by atoms with van der Waals surface area (Å²) in [7, 11) is 0. The van der Waals surface area contributed by atoms with Gasteiger partial charge < -0.3 is 10.2 Å². The van der Waals surface area contributed by atoms with Crippen LogP contribution in [-0.2, 0) is 0 Å². The number of carboxylic acids is 2. The van der Waals surface area contributed by atoms with Gasteiger partial charge in [0.05, 0.1) is 43.2 Å². The topological polar surface area (TPSA) is 100 Å². The zero-order valence-electron chi connectivity index (χ0n) is 18.4. The Morgan fingerprint density at radius 2 is 1.28 bits per heavy atom. The van der Waals surface area contributed by atoms with Gasteiger partial charge >= 0.3 is 11.9 Å². The van der Waals surface area contributed by atoms with Crippen LogP contribution in [0.4, 0.5) is 0 Å². The van der Waals surface area contributed by atoms with Crippen molar-refractivity contribution in [3.63, 3.8) is 0 Å². The summed E-state index contributed by atoms with van der Waals surface area (Å²) in [6, 6.07) is 25.1. The number of aromatic nitrogens is 2. The summed E-state index contributed by atoms with van der Waals surface area (Å²) in [5, 5.41) is 22.1. The van der Waals surface area contributed by atoms with Gasteiger partial charge in [-0.1, -0.05) is 71.7 Å². The Kier molecular flexibility index (Phi) is 6.14. The van der Waals surface area contributed by atoms with E-state index >= 15 is 0 Å². The quantitative estimate of drug-likeness (QED) is 0.232. The Bertz CT molecular complexity index is 1840. The van der Waals surface area contributed by atoms with Crippen LogP contribution in [-0.4, -0.2) is 32.1 Å². The van der Waals surface area contributed by atoms with E-state index in [1.807, 2.05) is 54.6 Å². The lowest BCUT2D eigenvalue weighted by Crippen LogP contribution is -1.99. The van der Waals surface area contributed by atoms with Gasteiger partial charge in [-0.3, -0.25) is 0 Å². The van der Waals surface area contributed by atoms with Gasteiger partial charge in [-0.15, -0.1) is 0 Å². The average molecular weight is 515 g/mol. The third-order valence-electron chi connectivity index (χ3n) is 5.73. The van der Waals surface area contributed by atoms with Gasteiger partial charge in [-0.25, -0.2) is 19.6 Å². The van der Waals surface area contributed by atoms with Crippen LogP contribution < -0.4 is 0 Å². The Morgan fingerprint density at radius 3 is 2.03 bits per heavy atom. The fourth-order valence-electron chi connectivity index (χ4n) is 4.06. The highest BCUT2D eigenvalue weighted by atomic mass is 35.5. The molecule has 6 rings (SSSR count). The van der Waals surface area contributed by atoms with Crippen molar-refractivity contribution < 1.29 is 19.8 Å². The molecule has 2 N–H and O–H groups in total. The number of carbonyl (C=O) groups is 2. The van der Waals surface area contributed by atoms with E-state index in [1.54, 1.807) is 18.2 Å². The summed E-state index contributed by atoms with van der Waals surface area (Å²) in [6.45, 7) is 0. The van der Waals surface area contributed by atoms with Gasteiger partial charge in [0.15, 0.2) is 0 Å². The number of pyridine rings is 2. The molecule has 0 fully saturated rings. The highest BCUT2D eigenvalue weighted by Gasteiger charge is 2.17. The van der Waals surface area contributed by atoms with Gasteiger partial charge in [0.1, 0.15) is 0 Å². The van der Waals surface area contributed by atoms with Crippen LogP contribution in [0.5, 0.6) is 0 Å². The molecule has 0 bridgehead atoms. The average Bonchev–Trinajstić information content (AvgIpc) is 2.88. The molecule has 2 heterocycles. The molecule has 0 amide bonds. The first-order valence-electron chi connectivity index (χ1n) is 10.8. The van der Waals surface area contributed by atoms with Crippen molar-refractivity contribution >= 4 is 78.8 Å². The third kappa shape index (κ3) is 4.17. The molecule has 2 aromatic heterocycles. The summed E-state index contributed by atoms with van der Waals surface area (Å²) in [5.74, 6) is -2.00. The number of carboxylic acid groups (broad SMARTS) is 2. The Morgan fingerprint density at radius 1 is 0.639 bits per heavy atom. The zero-order valence-corrected chi connectivity index (χ0v) is 20.0. The molecule has 6 aromatic rings. The van der Waals surface area contributed by atoms with Crippen molar-refractivity contribution in [2.24, 2.45) is 0 Å². The predicted molar refractivity (Wildman–Crippen MR) is 142 cm³/mol. The van der Waals surface area contributed by atoms with E-state index in [-0.39, 0.29) is 11.1 Å². The monoisotopic (exact) mass is 514 g/mol. The van der Waals surface area contributed by atoms with Crippen LogP contribution in [0.25, 0.3) is 43.6 Å². The maximum Gasteiger partial charge on any atom is 0.337 e. The summed E-state index contributed by atoms with van der Waals surface area (Å²) < 4.78 is 0. The summed E-state index contributed by atoms with van der Waals surface area (Å²) >= 11 is 12.4. The van der Waals surface area contributed by atoms with Crippen LogP contribution in [0.2, 0.25) is 10.0 Å². The first-order valence-corrected chi connectivity index (χ1v) is 11.5. The molecule has 0 atom stereocenters. The molecule has 0 saturated carbocycles. The molecule has 6 nitrogen and oxygen atoms in total. The molecule has 0 aliphatic carbocycles. The van der Waals surface area contributed by atoms with E-state index in [4.69, 9.17) is 28.3 Å². The van der Waals surface area contributed by atoms with E-state index in [0.717, 1.165) is 16.3 Å². The second kappa shape index (κ2) is 9.41. The van der Waals surface area contributed by atoms with E-state index < -0.39 is 11.9 Å². The Labute approximate surface area is 214 Å². The molecular weight excluding hydrogens is 499 g/mol. The standard InChI is InChI=1S/C14H7Cl2NO2.C14H9NO2/c15-9-6-5-8(14(18)19)11-12(16)7-3-1-2-4-10(7)17-13(9)11;16-14(17)11-6-3-5-10-8-9-4-1-2-7-12(9)15-13(10)11/h1-6H,(H,18,19);1-8H,(H,16,17). The van der Waals surface area contributed by atoms with Gasteiger partial charge in [0, 0.05) is 21.5 Å². The van der Waals surface area contributed by atoms with E-state index in [9.17, 15) is 14.7 Å². The molecule has 36 heavy (non-hydrogen) atoms. The van der Waals surface area contributed by atoms with Crippen molar-refractivity contribution in [3.05, 3.63) is 106 Å². The largest absolute Gasteiger partial charge is 0.478 e. The van der Waals surface area contributed by atoms with Gasteiger partial charge in [-0.2, -0.15) is 0 Å². The van der Waals surface area contributed by atoms with Gasteiger partial charge in [0.2, 0.25) is 0 Å². The summed E-state index contributed by atoms with van der Waals surface area (Å²) in [4.78, 5) is 31.2. The molecule has 0 radical (unpaired) electrons. The number of fused-ring (bicyclic) bond motifs is 4. The minimum absolute atomic E-state index is 0.0997. The summed E-state index contributed by atoms with van der Waals surface area (Å²) in [6.07, 6.45) is 0. The first kappa shape index (κ1) is 23.5. The number of hydrogen-bond acceptors (Lipinski definition) is 4. The predicted octanol–water partition coefficient (Wildman–Crippen LogP) is 7.48. The molecule has 0 spiro atoms. The molecule has 8 heteroatoms. The van der Waals surface area contributed by atoms with Crippen LogP contribution in [0.3, 0.4) is 0 Å². The van der Waals surface area contributed by atoms with Crippen molar-refractivity contribution in [2.45, 2.75) is 0 Å². The van der Waals surface area contributed by atoms with Crippen LogP contribution >= 0.6 is 23.2 Å². The lowest BCUT2D eigenvalue weighted by Gasteiger charge is -2.09. The second-order valence-electron chi connectivity index (χ2n) is 7.93. The lowest BCUT2D eigenvalue weighted by atomic mass is 10.1. The number of nitrogens with zero attached hydrogens (tertiary/aromatic N) is 2. The SMILES string of the molecule is O=C(O)c1ccc(Cl)c2nc3ccccc3c(Cl)c12.O=C(O)c1cccc2cc3ccccc3nc12. The van der Waals surface area contributed by atoms with Gasteiger partial charge in [-0.05, 0) is 36.4 Å². The third-order valence-corrected chi connectivity index (χ3v) is 6.43. The zero-order chi connectivity index (χ0) is 25.4. The number of para-hydroxylation sites is 3. The normalized spacial score (nSPS) is 10.9. The second-order valence-corrected chi connectivity index (χ2v) is 8.72. The number of benzene rings is 4. The van der Waals surface area contributed by atoms with E-state index in [2.05, 4.69) is 9.97 Å². The first-order chi connectivity index (χ1) is 17.3. The van der Waals surface area contributed by atoms with Crippen LogP contribution in [0.1, 0.15) is 20.7 Å². The fourth-order valence-corrected chi connectivity index (χ4v) is 4.61. The Hall–Kier alpha value is -4.26. The van der Waals surface area contributed by atoms with Crippen LogP contribution in [0.15, 0.2) is 84.9 Å². The minimum Gasteiger partial charge on any atom is -0.478 e. The number of halogens is 2. The number of rotatable bonds is 2. The highest BCUT2D eigenvalue weighted by Crippen LogP contribution is 2.35. The lowest BCUT2D eigenvalue weighted by molar-refractivity contribution is 0.0688. The van der Waals surface area contributed by atoms with E-state index in [0.29, 0.717) is 37.4 Å². The smallest absolute Gasteiger partial charge is 0.337 e. The Balaban J connectivity index is 0.000000149. The number of aromatic carboxylic acids is 2. The highest BCUT2D eigenvalue weighted by molar-refractivity contribution is 6.43. The molecule has 0 aliphatic heterocycles. The molecule has 176 valence electrons. The van der Waals surface area contributed by atoms with Gasteiger partial charge in [0.25, 0.3) is 0 Å². The van der Waals surface area contributed by atoms with Crippen LogP contribution in [0, 0.1) is 0 Å². The van der Waals surface area contributed by atoms with Crippen molar-refractivity contribution in [2.75, 3.05) is 0 Å².